The lowest BCUT2D eigenvalue weighted by Gasteiger charge is -2.26. The maximum atomic E-state index is 13.0. The summed E-state index contributed by atoms with van der Waals surface area (Å²) in [5.74, 6) is -1.35. The second-order valence-corrected chi connectivity index (χ2v) is 9.07. The van der Waals surface area contributed by atoms with Crippen molar-refractivity contribution in [1.29, 1.82) is 0 Å². The third kappa shape index (κ3) is 5.35. The monoisotopic (exact) mass is 524 g/mol. The minimum absolute atomic E-state index is 0.161. The van der Waals surface area contributed by atoms with Gasteiger partial charge in [0.1, 0.15) is 5.69 Å². The van der Waals surface area contributed by atoms with E-state index in [0.29, 0.717) is 11.6 Å². The minimum atomic E-state index is -4.69. The standard InChI is InChI=1S/C26H23F3N6O3/c27-26(28,29)22-12-19(6-7-31-22)32-25(38)35-21-5-4-17(11-20(21)23(33-35)24(36)37)18-10-16(13-30-14-18)15-34-8-2-1-3-9-34/h4-7,10-14H,1-3,8-9,15H2,(H,36,37)(H,31,32,38). The van der Waals surface area contributed by atoms with Crippen LogP contribution in [-0.4, -0.2) is 54.8 Å². The van der Waals surface area contributed by atoms with Gasteiger partial charge in [0.2, 0.25) is 0 Å². The lowest BCUT2D eigenvalue weighted by atomic mass is 10.0. The molecule has 3 aromatic heterocycles. The Kier molecular flexibility index (Phi) is 6.81. The second kappa shape index (κ2) is 10.2. The zero-order valence-corrected chi connectivity index (χ0v) is 20.1. The number of piperidine rings is 1. The molecule has 196 valence electrons. The first-order valence-electron chi connectivity index (χ1n) is 12.0. The first-order chi connectivity index (χ1) is 18.2. The SMILES string of the molecule is O=C(O)c1nn(C(=O)Nc2ccnc(C(F)(F)F)c2)c2ccc(-c3cncc(CN4CCCCC4)c3)cc12. The zero-order chi connectivity index (χ0) is 26.9. The Morgan fingerprint density at radius 3 is 2.53 bits per heavy atom. The predicted octanol–water partition coefficient (Wildman–Crippen LogP) is 5.28. The Morgan fingerprint density at radius 2 is 1.79 bits per heavy atom. The van der Waals surface area contributed by atoms with E-state index in [1.165, 1.54) is 25.3 Å². The molecule has 0 radical (unpaired) electrons. The Morgan fingerprint density at radius 1 is 1.00 bits per heavy atom. The fourth-order valence-electron chi connectivity index (χ4n) is 4.56. The second-order valence-electron chi connectivity index (χ2n) is 9.07. The number of aromatic carboxylic acids is 1. The van der Waals surface area contributed by atoms with E-state index in [1.54, 1.807) is 24.4 Å². The van der Waals surface area contributed by atoms with Gasteiger partial charge in [0.15, 0.2) is 5.69 Å². The number of anilines is 1. The topological polar surface area (TPSA) is 113 Å². The van der Waals surface area contributed by atoms with Gasteiger partial charge in [-0.3, -0.25) is 14.9 Å². The summed E-state index contributed by atoms with van der Waals surface area (Å²) in [4.78, 5) is 34.8. The molecule has 0 unspecified atom stereocenters. The number of rotatable bonds is 5. The van der Waals surface area contributed by atoms with E-state index in [1.807, 2.05) is 12.3 Å². The fraction of sp³-hybridized carbons (Fsp3) is 0.269. The molecule has 0 aliphatic carbocycles. The number of alkyl halides is 3. The number of amides is 1. The summed E-state index contributed by atoms with van der Waals surface area (Å²) in [6, 6.07) is 7.85. The van der Waals surface area contributed by atoms with E-state index in [2.05, 4.69) is 25.3 Å². The molecule has 0 saturated carbocycles. The number of benzene rings is 1. The highest BCUT2D eigenvalue weighted by Gasteiger charge is 2.32. The summed E-state index contributed by atoms with van der Waals surface area (Å²) < 4.78 is 39.8. The van der Waals surface area contributed by atoms with Crippen molar-refractivity contribution >= 4 is 28.6 Å². The molecule has 0 atom stereocenters. The van der Waals surface area contributed by atoms with Crippen molar-refractivity contribution in [2.24, 2.45) is 0 Å². The van der Waals surface area contributed by atoms with Crippen molar-refractivity contribution in [3.63, 3.8) is 0 Å². The number of hydrogen-bond donors (Lipinski definition) is 2. The van der Waals surface area contributed by atoms with E-state index < -0.39 is 23.9 Å². The number of carbonyl (C=O) groups excluding carboxylic acids is 1. The normalized spacial score (nSPS) is 14.5. The van der Waals surface area contributed by atoms with Gasteiger partial charge >= 0.3 is 18.2 Å². The smallest absolute Gasteiger partial charge is 0.433 e. The molecule has 1 fully saturated rings. The average molecular weight is 525 g/mol. The number of carbonyl (C=O) groups is 2. The Bertz CT molecular complexity index is 1510. The van der Waals surface area contributed by atoms with Crippen LogP contribution in [0.1, 0.15) is 41.0 Å². The van der Waals surface area contributed by atoms with Crippen LogP contribution >= 0.6 is 0 Å². The van der Waals surface area contributed by atoms with Gasteiger partial charge < -0.3 is 10.4 Å². The van der Waals surface area contributed by atoms with Crippen LogP contribution in [0.3, 0.4) is 0 Å². The van der Waals surface area contributed by atoms with Crippen molar-refractivity contribution in [3.8, 4) is 11.1 Å². The van der Waals surface area contributed by atoms with Crippen LogP contribution in [0, 0.1) is 0 Å². The number of fused-ring (bicyclic) bond motifs is 1. The van der Waals surface area contributed by atoms with E-state index >= 15 is 0 Å². The van der Waals surface area contributed by atoms with Gasteiger partial charge in [0, 0.05) is 41.8 Å². The van der Waals surface area contributed by atoms with Crippen LogP contribution in [-0.2, 0) is 12.7 Å². The van der Waals surface area contributed by atoms with Gasteiger partial charge in [-0.15, -0.1) is 0 Å². The van der Waals surface area contributed by atoms with Crippen molar-refractivity contribution in [2.75, 3.05) is 18.4 Å². The van der Waals surface area contributed by atoms with E-state index in [0.717, 1.165) is 41.6 Å². The molecule has 1 saturated heterocycles. The number of halogens is 3. The Labute approximate surface area is 214 Å². The molecular weight excluding hydrogens is 501 g/mol. The summed E-state index contributed by atoms with van der Waals surface area (Å²) in [6.45, 7) is 2.85. The fourth-order valence-corrected chi connectivity index (χ4v) is 4.56. The molecule has 38 heavy (non-hydrogen) atoms. The molecule has 12 heteroatoms. The van der Waals surface area contributed by atoms with Gasteiger partial charge in [0.25, 0.3) is 0 Å². The highest BCUT2D eigenvalue weighted by Crippen LogP contribution is 2.30. The first kappa shape index (κ1) is 25.3. The molecule has 1 amide bonds. The Hall–Kier alpha value is -4.32. The van der Waals surface area contributed by atoms with Gasteiger partial charge in [-0.05, 0) is 67.4 Å². The molecule has 4 aromatic rings. The molecule has 5 rings (SSSR count). The third-order valence-corrected chi connectivity index (χ3v) is 6.36. The van der Waals surface area contributed by atoms with Gasteiger partial charge in [-0.25, -0.2) is 9.59 Å². The number of aromatic nitrogens is 4. The van der Waals surface area contributed by atoms with Crippen LogP contribution in [0.4, 0.5) is 23.7 Å². The molecule has 4 heterocycles. The third-order valence-electron chi connectivity index (χ3n) is 6.36. The average Bonchev–Trinajstić information content (AvgIpc) is 3.29. The molecule has 0 spiro atoms. The largest absolute Gasteiger partial charge is 0.476 e. The summed E-state index contributed by atoms with van der Waals surface area (Å²) in [5.41, 5.74) is 1.00. The summed E-state index contributed by atoms with van der Waals surface area (Å²) in [7, 11) is 0. The number of pyridine rings is 2. The van der Waals surface area contributed by atoms with Crippen LogP contribution in [0.2, 0.25) is 0 Å². The van der Waals surface area contributed by atoms with Crippen LogP contribution in [0.25, 0.3) is 22.0 Å². The number of nitrogens with one attached hydrogen (secondary N) is 1. The number of hydrogen-bond acceptors (Lipinski definition) is 6. The molecule has 1 aliphatic heterocycles. The summed E-state index contributed by atoms with van der Waals surface area (Å²) in [6.07, 6.45) is 3.30. The van der Waals surface area contributed by atoms with Crippen LogP contribution < -0.4 is 5.32 Å². The van der Waals surface area contributed by atoms with Gasteiger partial charge in [-0.1, -0.05) is 12.5 Å². The lowest BCUT2D eigenvalue weighted by molar-refractivity contribution is -0.141. The highest BCUT2D eigenvalue weighted by molar-refractivity contribution is 6.06. The van der Waals surface area contributed by atoms with E-state index in [-0.39, 0.29) is 22.3 Å². The van der Waals surface area contributed by atoms with Crippen molar-refractivity contribution in [3.05, 3.63) is 71.9 Å². The lowest BCUT2D eigenvalue weighted by Crippen LogP contribution is -2.29. The quantitative estimate of drug-likeness (QED) is 0.365. The van der Waals surface area contributed by atoms with Crippen molar-refractivity contribution in [1.82, 2.24) is 24.6 Å². The van der Waals surface area contributed by atoms with Crippen LogP contribution in [0.5, 0.6) is 0 Å². The summed E-state index contributed by atoms with van der Waals surface area (Å²) in [5, 5.41) is 16.2. The highest BCUT2D eigenvalue weighted by atomic mass is 19.4. The van der Waals surface area contributed by atoms with Gasteiger partial charge in [-0.2, -0.15) is 23.0 Å². The molecule has 1 aromatic carbocycles. The number of nitrogens with zero attached hydrogens (tertiary/aromatic N) is 5. The molecule has 2 N–H and O–H groups in total. The first-order valence-corrected chi connectivity index (χ1v) is 12.0. The molecular formula is C26H23F3N6O3. The predicted molar refractivity (Wildman–Crippen MR) is 133 cm³/mol. The Balaban J connectivity index is 1.45. The number of likely N-dealkylation sites (tertiary alicyclic amines) is 1. The van der Waals surface area contributed by atoms with Crippen molar-refractivity contribution < 1.29 is 27.9 Å². The van der Waals surface area contributed by atoms with E-state index in [4.69, 9.17) is 0 Å². The minimum Gasteiger partial charge on any atom is -0.476 e. The molecule has 1 aliphatic rings. The zero-order valence-electron chi connectivity index (χ0n) is 20.1. The summed E-state index contributed by atoms with van der Waals surface area (Å²) >= 11 is 0. The van der Waals surface area contributed by atoms with E-state index in [9.17, 15) is 27.9 Å². The number of carboxylic acids is 1. The maximum Gasteiger partial charge on any atom is 0.433 e. The maximum absolute atomic E-state index is 13.0. The molecule has 9 nitrogen and oxygen atoms in total. The van der Waals surface area contributed by atoms with Gasteiger partial charge in [0.05, 0.1) is 5.52 Å². The number of carboxylic acid groups (broad SMARTS) is 1. The van der Waals surface area contributed by atoms with Crippen molar-refractivity contribution in [2.45, 2.75) is 32.0 Å². The van der Waals surface area contributed by atoms with Crippen LogP contribution in [0.15, 0.2) is 55.0 Å². The molecule has 0 bridgehead atoms.